The van der Waals surface area contributed by atoms with Crippen LogP contribution in [-0.2, 0) is 13.5 Å². The molecule has 1 aromatic carbocycles. The van der Waals surface area contributed by atoms with Crippen molar-refractivity contribution in [1.82, 2.24) is 34.8 Å². The molecule has 1 fully saturated rings. The van der Waals surface area contributed by atoms with Gasteiger partial charge in [0.1, 0.15) is 17.2 Å². The summed E-state index contributed by atoms with van der Waals surface area (Å²) in [6.07, 6.45) is 7.20. The summed E-state index contributed by atoms with van der Waals surface area (Å²) >= 11 is 0. The number of piperidine rings is 1. The largest absolute Gasteiger partial charge is 0.339 e. The van der Waals surface area contributed by atoms with Gasteiger partial charge in [0.2, 0.25) is 11.7 Å². The molecule has 168 valence electrons. The zero-order chi connectivity index (χ0) is 22.8. The van der Waals surface area contributed by atoms with Gasteiger partial charge in [0.15, 0.2) is 0 Å². The van der Waals surface area contributed by atoms with E-state index in [4.69, 9.17) is 4.52 Å². The molecule has 0 N–H and O–H groups in total. The van der Waals surface area contributed by atoms with E-state index >= 15 is 0 Å². The number of aromatic nitrogens is 6. The third kappa shape index (κ3) is 4.50. The molecule has 1 atom stereocenters. The maximum atomic E-state index is 13.2. The Morgan fingerprint density at radius 1 is 1.21 bits per heavy atom. The number of hydrogen-bond acceptors (Lipinski definition) is 7. The minimum Gasteiger partial charge on any atom is -0.339 e. The van der Waals surface area contributed by atoms with Crippen molar-refractivity contribution in [3.63, 3.8) is 0 Å². The highest BCUT2D eigenvalue weighted by atomic mass is 19.1. The van der Waals surface area contributed by atoms with Gasteiger partial charge in [-0.3, -0.25) is 14.5 Å². The summed E-state index contributed by atoms with van der Waals surface area (Å²) in [4.78, 5) is 27.7. The summed E-state index contributed by atoms with van der Waals surface area (Å²) < 4.78 is 20.2. The second-order valence-corrected chi connectivity index (χ2v) is 8.11. The molecule has 1 aliphatic heterocycles. The van der Waals surface area contributed by atoms with Crippen LogP contribution in [0.4, 0.5) is 4.39 Å². The second-order valence-electron chi connectivity index (χ2n) is 8.11. The number of nitrogens with zero attached hydrogens (tertiary/aromatic N) is 7. The SMILES string of the molecule is Cn1nc(-c2ccc(F)cc2)cc1C(=O)N1CCC[C@@H](Cc2nc(-c3cnccn3)no2)C1. The third-order valence-electron chi connectivity index (χ3n) is 5.77. The molecule has 0 radical (unpaired) electrons. The van der Waals surface area contributed by atoms with Crippen LogP contribution < -0.4 is 0 Å². The predicted molar refractivity (Wildman–Crippen MR) is 116 cm³/mol. The van der Waals surface area contributed by atoms with Gasteiger partial charge in [-0.2, -0.15) is 10.1 Å². The van der Waals surface area contributed by atoms with Crippen LogP contribution in [0.2, 0.25) is 0 Å². The Balaban J connectivity index is 1.27. The average Bonchev–Trinajstić information content (AvgIpc) is 3.46. The molecule has 0 unspecified atom stereocenters. The minimum atomic E-state index is -0.310. The molecule has 0 saturated carbocycles. The summed E-state index contributed by atoms with van der Waals surface area (Å²) in [5, 5.41) is 8.45. The molecule has 4 heterocycles. The lowest BCUT2D eigenvalue weighted by Crippen LogP contribution is -2.41. The quantitative estimate of drug-likeness (QED) is 0.463. The van der Waals surface area contributed by atoms with Crippen molar-refractivity contribution >= 4 is 5.91 Å². The number of rotatable bonds is 5. The predicted octanol–water partition coefficient (Wildman–Crippen LogP) is 3.16. The standard InChI is InChI=1S/C23H22FN7O2/c1-30-20(12-18(28-30)16-4-6-17(24)7-5-16)23(32)31-10-2-3-15(14-31)11-21-27-22(29-33-21)19-13-25-8-9-26-19/h4-9,12-13,15H,2-3,10-11,14H2,1H3/t15-/m0/s1. The van der Waals surface area contributed by atoms with E-state index in [0.717, 1.165) is 18.4 Å². The molecule has 1 saturated heterocycles. The first-order chi connectivity index (χ1) is 16.1. The van der Waals surface area contributed by atoms with Crippen molar-refractivity contribution in [2.75, 3.05) is 13.1 Å². The highest BCUT2D eigenvalue weighted by Gasteiger charge is 2.28. The van der Waals surface area contributed by atoms with Gasteiger partial charge in [0.05, 0.1) is 11.9 Å². The van der Waals surface area contributed by atoms with E-state index in [2.05, 4.69) is 25.2 Å². The molecule has 10 heteroatoms. The fourth-order valence-corrected chi connectivity index (χ4v) is 4.11. The van der Waals surface area contributed by atoms with Gasteiger partial charge in [0, 0.05) is 44.5 Å². The topological polar surface area (TPSA) is 103 Å². The molecule has 1 aliphatic rings. The first-order valence-corrected chi connectivity index (χ1v) is 10.7. The van der Waals surface area contributed by atoms with Gasteiger partial charge in [0.25, 0.3) is 5.91 Å². The van der Waals surface area contributed by atoms with Crippen molar-refractivity contribution < 1.29 is 13.7 Å². The molecule has 5 rings (SSSR count). The number of carbonyl (C=O) groups is 1. The minimum absolute atomic E-state index is 0.0751. The number of hydrogen-bond donors (Lipinski definition) is 0. The Kier molecular flexibility index (Phi) is 5.64. The first-order valence-electron chi connectivity index (χ1n) is 10.7. The maximum absolute atomic E-state index is 13.2. The van der Waals surface area contributed by atoms with Gasteiger partial charge in [-0.15, -0.1) is 0 Å². The van der Waals surface area contributed by atoms with E-state index in [1.165, 1.54) is 12.1 Å². The van der Waals surface area contributed by atoms with Crippen molar-refractivity contribution in [3.05, 3.63) is 66.3 Å². The lowest BCUT2D eigenvalue weighted by atomic mass is 9.94. The molecular formula is C23H22FN7O2. The number of amides is 1. The Hall–Kier alpha value is -3.95. The Morgan fingerprint density at radius 3 is 2.85 bits per heavy atom. The van der Waals surface area contributed by atoms with E-state index in [1.54, 1.807) is 48.5 Å². The van der Waals surface area contributed by atoms with Crippen LogP contribution in [0.25, 0.3) is 22.8 Å². The molecule has 33 heavy (non-hydrogen) atoms. The van der Waals surface area contributed by atoms with Gasteiger partial charge in [-0.1, -0.05) is 5.16 Å². The summed E-state index contributed by atoms with van der Waals surface area (Å²) in [5.41, 5.74) is 2.45. The van der Waals surface area contributed by atoms with Crippen molar-refractivity contribution in [3.8, 4) is 22.8 Å². The Morgan fingerprint density at radius 2 is 2.06 bits per heavy atom. The van der Waals surface area contributed by atoms with Crippen LogP contribution in [0.15, 0.2) is 53.4 Å². The lowest BCUT2D eigenvalue weighted by Gasteiger charge is -2.32. The average molecular weight is 447 g/mol. The van der Waals surface area contributed by atoms with Crippen LogP contribution >= 0.6 is 0 Å². The zero-order valence-electron chi connectivity index (χ0n) is 18.1. The van der Waals surface area contributed by atoms with E-state index in [9.17, 15) is 9.18 Å². The second kappa shape index (κ2) is 8.89. The molecule has 9 nitrogen and oxygen atoms in total. The lowest BCUT2D eigenvalue weighted by molar-refractivity contribution is 0.0657. The number of aryl methyl sites for hydroxylation is 1. The van der Waals surface area contributed by atoms with Crippen LogP contribution in [0.3, 0.4) is 0 Å². The molecule has 4 aromatic rings. The molecule has 0 bridgehead atoms. The number of carbonyl (C=O) groups excluding carboxylic acids is 1. The molecular weight excluding hydrogens is 425 g/mol. The van der Waals surface area contributed by atoms with Gasteiger partial charge >= 0.3 is 0 Å². The summed E-state index contributed by atoms with van der Waals surface area (Å²) in [6, 6.07) is 7.83. The monoisotopic (exact) mass is 447 g/mol. The normalized spacial score (nSPS) is 16.2. The van der Waals surface area contributed by atoms with E-state index in [-0.39, 0.29) is 17.6 Å². The zero-order valence-corrected chi connectivity index (χ0v) is 18.1. The number of benzene rings is 1. The van der Waals surface area contributed by atoms with Gasteiger partial charge in [-0.25, -0.2) is 9.37 Å². The summed E-state index contributed by atoms with van der Waals surface area (Å²) in [5.74, 6) is 0.756. The number of halogens is 1. The molecule has 3 aromatic heterocycles. The van der Waals surface area contributed by atoms with E-state index in [0.29, 0.717) is 48.3 Å². The maximum Gasteiger partial charge on any atom is 0.272 e. The van der Waals surface area contributed by atoms with Gasteiger partial charge in [-0.05, 0) is 49.1 Å². The Labute approximate surface area is 189 Å². The molecule has 0 aliphatic carbocycles. The van der Waals surface area contributed by atoms with Crippen molar-refractivity contribution in [2.24, 2.45) is 13.0 Å². The van der Waals surface area contributed by atoms with Crippen LogP contribution in [-0.4, -0.2) is 53.8 Å². The third-order valence-corrected chi connectivity index (χ3v) is 5.77. The molecule has 1 amide bonds. The summed E-state index contributed by atoms with van der Waals surface area (Å²) in [6.45, 7) is 1.28. The number of likely N-dealkylation sites (tertiary alicyclic amines) is 1. The van der Waals surface area contributed by atoms with E-state index in [1.807, 2.05) is 4.90 Å². The highest BCUT2D eigenvalue weighted by Crippen LogP contribution is 2.25. The fourth-order valence-electron chi connectivity index (χ4n) is 4.11. The molecule has 0 spiro atoms. The van der Waals surface area contributed by atoms with Crippen molar-refractivity contribution in [2.45, 2.75) is 19.3 Å². The van der Waals surface area contributed by atoms with Crippen LogP contribution in [0.1, 0.15) is 29.2 Å². The van der Waals surface area contributed by atoms with Gasteiger partial charge < -0.3 is 9.42 Å². The first kappa shape index (κ1) is 20.9. The van der Waals surface area contributed by atoms with Crippen LogP contribution in [0, 0.1) is 11.7 Å². The van der Waals surface area contributed by atoms with Crippen molar-refractivity contribution in [1.29, 1.82) is 0 Å². The van der Waals surface area contributed by atoms with E-state index < -0.39 is 0 Å². The Bertz CT molecular complexity index is 1250. The fraction of sp³-hybridized carbons (Fsp3) is 0.304. The summed E-state index contributed by atoms with van der Waals surface area (Å²) in [7, 11) is 1.74. The smallest absolute Gasteiger partial charge is 0.272 e. The van der Waals surface area contributed by atoms with Crippen LogP contribution in [0.5, 0.6) is 0 Å². The highest BCUT2D eigenvalue weighted by molar-refractivity contribution is 5.93.